The predicted octanol–water partition coefficient (Wildman–Crippen LogP) is 3.95. The zero-order valence-electron chi connectivity index (χ0n) is 12.6. The van der Waals surface area contributed by atoms with E-state index in [1.54, 1.807) is 0 Å². The molecule has 1 aliphatic carbocycles. The highest BCUT2D eigenvalue weighted by Gasteiger charge is 2.26. The van der Waals surface area contributed by atoms with Crippen LogP contribution in [-0.2, 0) is 5.41 Å². The van der Waals surface area contributed by atoms with Crippen LogP contribution in [0.5, 0.6) is 0 Å². The van der Waals surface area contributed by atoms with Crippen molar-refractivity contribution in [1.82, 2.24) is 0 Å². The lowest BCUT2D eigenvalue weighted by molar-refractivity contribution is 0.0999. The minimum atomic E-state index is -0.101. The summed E-state index contributed by atoms with van der Waals surface area (Å²) in [6.45, 7) is 8.93. The lowest BCUT2D eigenvalue weighted by atomic mass is 9.84. The number of aliphatic hydroxyl groups excluding tert-OH is 1. The van der Waals surface area contributed by atoms with Gasteiger partial charge in [0.1, 0.15) is 0 Å². The molecule has 0 aliphatic heterocycles. The monoisotopic (exact) mass is 261 g/mol. The van der Waals surface area contributed by atoms with Crippen molar-refractivity contribution in [3.05, 3.63) is 29.8 Å². The quantitative estimate of drug-likeness (QED) is 0.845. The normalized spacial score (nSPS) is 28.2. The van der Waals surface area contributed by atoms with Gasteiger partial charge in [-0.15, -0.1) is 0 Å². The number of hydrogen-bond donors (Lipinski definition) is 2. The van der Waals surface area contributed by atoms with E-state index in [1.165, 1.54) is 11.3 Å². The van der Waals surface area contributed by atoms with Gasteiger partial charge in [0, 0.05) is 11.7 Å². The van der Waals surface area contributed by atoms with Gasteiger partial charge in [0.05, 0.1) is 6.10 Å². The fourth-order valence-corrected chi connectivity index (χ4v) is 2.86. The van der Waals surface area contributed by atoms with Crippen LogP contribution in [0, 0.1) is 5.92 Å². The lowest BCUT2D eigenvalue weighted by Crippen LogP contribution is -2.35. The summed E-state index contributed by atoms with van der Waals surface area (Å²) in [7, 11) is 0. The molecule has 2 heteroatoms. The average Bonchev–Trinajstić information content (AvgIpc) is 2.32. The molecule has 1 aromatic carbocycles. The standard InChI is InChI=1S/C17H27NO/c1-12-11-15(19)9-10-16(12)18-14-7-5-13(6-8-14)17(2,3)4/h5-8,12,15-16,18-19H,9-11H2,1-4H3. The Kier molecular flexibility index (Phi) is 4.19. The molecule has 3 unspecified atom stereocenters. The molecule has 0 spiro atoms. The molecular weight excluding hydrogens is 234 g/mol. The van der Waals surface area contributed by atoms with E-state index in [2.05, 4.69) is 57.3 Å². The first kappa shape index (κ1) is 14.4. The van der Waals surface area contributed by atoms with Crippen molar-refractivity contribution in [3.8, 4) is 0 Å². The SMILES string of the molecule is CC1CC(O)CCC1Nc1ccc(C(C)(C)C)cc1. The Morgan fingerprint density at radius 3 is 2.26 bits per heavy atom. The van der Waals surface area contributed by atoms with Crippen molar-refractivity contribution in [1.29, 1.82) is 0 Å². The molecular formula is C17H27NO. The van der Waals surface area contributed by atoms with Gasteiger partial charge in [-0.3, -0.25) is 0 Å². The first-order chi connectivity index (χ1) is 8.86. The highest BCUT2D eigenvalue weighted by atomic mass is 16.3. The van der Waals surface area contributed by atoms with Crippen molar-refractivity contribution in [2.45, 2.75) is 64.5 Å². The molecule has 0 amide bonds. The van der Waals surface area contributed by atoms with Gasteiger partial charge in [-0.25, -0.2) is 0 Å². The van der Waals surface area contributed by atoms with Gasteiger partial charge in [-0.05, 0) is 48.3 Å². The number of nitrogens with one attached hydrogen (secondary N) is 1. The van der Waals surface area contributed by atoms with Gasteiger partial charge in [-0.2, -0.15) is 0 Å². The van der Waals surface area contributed by atoms with E-state index >= 15 is 0 Å². The van der Waals surface area contributed by atoms with Crippen molar-refractivity contribution in [2.75, 3.05) is 5.32 Å². The van der Waals surface area contributed by atoms with E-state index < -0.39 is 0 Å². The predicted molar refractivity (Wildman–Crippen MR) is 81.6 cm³/mol. The zero-order valence-corrected chi connectivity index (χ0v) is 12.6. The number of aliphatic hydroxyl groups is 1. The number of benzene rings is 1. The minimum absolute atomic E-state index is 0.101. The van der Waals surface area contributed by atoms with E-state index in [-0.39, 0.29) is 11.5 Å². The molecule has 19 heavy (non-hydrogen) atoms. The molecule has 106 valence electrons. The maximum absolute atomic E-state index is 9.66. The van der Waals surface area contributed by atoms with Crippen LogP contribution in [0.3, 0.4) is 0 Å². The van der Waals surface area contributed by atoms with Crippen LogP contribution >= 0.6 is 0 Å². The zero-order chi connectivity index (χ0) is 14.0. The molecule has 0 bridgehead atoms. The Morgan fingerprint density at radius 1 is 1.11 bits per heavy atom. The maximum atomic E-state index is 9.66. The molecule has 1 aliphatic rings. The highest BCUT2D eigenvalue weighted by Crippen LogP contribution is 2.28. The summed E-state index contributed by atoms with van der Waals surface area (Å²) >= 11 is 0. The molecule has 0 radical (unpaired) electrons. The third-order valence-corrected chi connectivity index (χ3v) is 4.24. The summed E-state index contributed by atoms with van der Waals surface area (Å²) < 4.78 is 0. The fraction of sp³-hybridized carbons (Fsp3) is 0.647. The topological polar surface area (TPSA) is 32.3 Å². The number of hydrogen-bond acceptors (Lipinski definition) is 2. The van der Waals surface area contributed by atoms with Crippen LogP contribution in [0.1, 0.15) is 52.5 Å². The first-order valence-electron chi connectivity index (χ1n) is 7.41. The van der Waals surface area contributed by atoms with Crippen LogP contribution in [-0.4, -0.2) is 17.3 Å². The fourth-order valence-electron chi connectivity index (χ4n) is 2.86. The Labute approximate surface area is 117 Å². The van der Waals surface area contributed by atoms with Gasteiger partial charge >= 0.3 is 0 Å². The first-order valence-corrected chi connectivity index (χ1v) is 7.41. The van der Waals surface area contributed by atoms with Crippen LogP contribution < -0.4 is 5.32 Å². The van der Waals surface area contributed by atoms with E-state index in [1.807, 2.05) is 0 Å². The Balaban J connectivity index is 2.00. The molecule has 1 saturated carbocycles. The average molecular weight is 261 g/mol. The summed E-state index contributed by atoms with van der Waals surface area (Å²) in [6, 6.07) is 9.27. The summed E-state index contributed by atoms with van der Waals surface area (Å²) in [5, 5.41) is 13.3. The molecule has 1 fully saturated rings. The van der Waals surface area contributed by atoms with E-state index in [4.69, 9.17) is 0 Å². The van der Waals surface area contributed by atoms with Gasteiger partial charge in [0.2, 0.25) is 0 Å². The van der Waals surface area contributed by atoms with Crippen LogP contribution in [0.25, 0.3) is 0 Å². The van der Waals surface area contributed by atoms with Gasteiger partial charge in [0.15, 0.2) is 0 Å². The second-order valence-electron chi connectivity index (χ2n) is 7.02. The van der Waals surface area contributed by atoms with Crippen molar-refractivity contribution in [2.24, 2.45) is 5.92 Å². The number of anilines is 1. The Hall–Kier alpha value is -1.02. The molecule has 2 rings (SSSR count). The van der Waals surface area contributed by atoms with E-state index in [9.17, 15) is 5.11 Å². The van der Waals surface area contributed by atoms with Gasteiger partial charge < -0.3 is 10.4 Å². The van der Waals surface area contributed by atoms with E-state index in [0.717, 1.165) is 19.3 Å². The van der Waals surface area contributed by atoms with Crippen LogP contribution in [0.2, 0.25) is 0 Å². The second kappa shape index (κ2) is 5.54. The lowest BCUT2D eigenvalue weighted by Gasteiger charge is -2.33. The van der Waals surface area contributed by atoms with Crippen molar-refractivity contribution >= 4 is 5.69 Å². The molecule has 0 heterocycles. The maximum Gasteiger partial charge on any atom is 0.0544 e. The van der Waals surface area contributed by atoms with E-state index in [0.29, 0.717) is 12.0 Å². The summed E-state index contributed by atoms with van der Waals surface area (Å²) in [5.41, 5.74) is 2.77. The summed E-state index contributed by atoms with van der Waals surface area (Å²) in [4.78, 5) is 0. The third kappa shape index (κ3) is 3.73. The second-order valence-corrected chi connectivity index (χ2v) is 7.02. The van der Waals surface area contributed by atoms with Crippen LogP contribution in [0.4, 0.5) is 5.69 Å². The van der Waals surface area contributed by atoms with Crippen molar-refractivity contribution in [3.63, 3.8) is 0 Å². The van der Waals surface area contributed by atoms with Gasteiger partial charge in [0.25, 0.3) is 0 Å². The highest BCUT2D eigenvalue weighted by molar-refractivity contribution is 5.46. The number of rotatable bonds is 2. The van der Waals surface area contributed by atoms with Gasteiger partial charge in [-0.1, -0.05) is 39.8 Å². The largest absolute Gasteiger partial charge is 0.393 e. The molecule has 1 aromatic rings. The molecule has 2 nitrogen and oxygen atoms in total. The Bertz CT molecular complexity index is 404. The third-order valence-electron chi connectivity index (χ3n) is 4.24. The molecule has 0 aromatic heterocycles. The van der Waals surface area contributed by atoms with Crippen molar-refractivity contribution < 1.29 is 5.11 Å². The van der Waals surface area contributed by atoms with Crippen LogP contribution in [0.15, 0.2) is 24.3 Å². The minimum Gasteiger partial charge on any atom is -0.393 e. The smallest absolute Gasteiger partial charge is 0.0544 e. The molecule has 0 saturated heterocycles. The Morgan fingerprint density at radius 2 is 1.74 bits per heavy atom. The molecule has 2 N–H and O–H groups in total. The molecule has 3 atom stereocenters. The summed E-state index contributed by atoms with van der Waals surface area (Å²) in [5.74, 6) is 0.533. The summed E-state index contributed by atoms with van der Waals surface area (Å²) in [6.07, 6.45) is 2.79.